The van der Waals surface area contributed by atoms with Crippen molar-refractivity contribution in [3.8, 4) is 0 Å². The molecule has 0 heterocycles. The van der Waals surface area contributed by atoms with Crippen LogP contribution >= 0.6 is 0 Å². The first-order valence-corrected chi connectivity index (χ1v) is 9.04. The molecule has 0 saturated heterocycles. The fourth-order valence-electron chi connectivity index (χ4n) is 2.77. The Hall–Kier alpha value is -1.40. The summed E-state index contributed by atoms with van der Waals surface area (Å²) < 4.78 is 25.2. The van der Waals surface area contributed by atoms with Crippen LogP contribution in [0, 0.1) is 6.92 Å². The summed E-state index contributed by atoms with van der Waals surface area (Å²) in [6, 6.07) is 7.42. The van der Waals surface area contributed by atoms with E-state index in [2.05, 4.69) is 5.32 Å². The van der Waals surface area contributed by atoms with Gasteiger partial charge in [-0.25, -0.2) is 8.42 Å². The lowest BCUT2D eigenvalue weighted by Gasteiger charge is -2.25. The highest BCUT2D eigenvalue weighted by Gasteiger charge is 2.30. The Morgan fingerprint density at radius 1 is 1.33 bits per heavy atom. The summed E-state index contributed by atoms with van der Waals surface area (Å²) in [7, 11) is -3.37. The Balaban J connectivity index is 2.04. The first-order chi connectivity index (χ1) is 9.86. The summed E-state index contributed by atoms with van der Waals surface area (Å²) in [5.74, 6) is -0.294. The molecule has 1 aromatic carbocycles. The minimum absolute atomic E-state index is 0.0386. The number of rotatable bonds is 5. The van der Waals surface area contributed by atoms with Crippen molar-refractivity contribution in [1.82, 2.24) is 4.31 Å². The number of nitrogens with zero attached hydrogens (tertiary/aromatic N) is 1. The fourth-order valence-corrected chi connectivity index (χ4v) is 3.88. The number of sulfonamides is 1. The Morgan fingerprint density at radius 2 is 2.00 bits per heavy atom. The van der Waals surface area contributed by atoms with Gasteiger partial charge in [-0.3, -0.25) is 4.79 Å². The number of carbonyl (C=O) groups excluding carboxylic acids is 1. The average molecular weight is 310 g/mol. The Kier molecular flexibility index (Phi) is 5.00. The molecule has 6 heteroatoms. The number of amides is 1. The van der Waals surface area contributed by atoms with Crippen molar-refractivity contribution in [2.24, 2.45) is 0 Å². The predicted octanol–water partition coefficient (Wildman–Crippen LogP) is 2.14. The molecule has 1 aliphatic rings. The molecule has 0 bridgehead atoms. The molecule has 5 nitrogen and oxygen atoms in total. The largest absolute Gasteiger partial charge is 0.325 e. The van der Waals surface area contributed by atoms with Crippen molar-refractivity contribution in [2.45, 2.75) is 38.6 Å². The number of benzene rings is 1. The third-order valence-electron chi connectivity index (χ3n) is 3.76. The van der Waals surface area contributed by atoms with Crippen LogP contribution in [0.1, 0.15) is 31.2 Å². The van der Waals surface area contributed by atoms with Crippen LogP contribution < -0.4 is 5.32 Å². The van der Waals surface area contributed by atoms with E-state index in [1.165, 1.54) is 10.6 Å². The number of hydrogen-bond acceptors (Lipinski definition) is 3. The molecule has 1 aliphatic carbocycles. The third-order valence-corrected chi connectivity index (χ3v) is 5.04. The molecule has 0 radical (unpaired) electrons. The van der Waals surface area contributed by atoms with E-state index in [4.69, 9.17) is 0 Å². The van der Waals surface area contributed by atoms with Gasteiger partial charge in [-0.2, -0.15) is 4.31 Å². The average Bonchev–Trinajstić information content (AvgIpc) is 2.88. The van der Waals surface area contributed by atoms with E-state index in [1.807, 2.05) is 25.1 Å². The van der Waals surface area contributed by atoms with Crippen LogP contribution in [0.25, 0.3) is 0 Å². The third kappa shape index (κ3) is 4.54. The molecule has 0 atom stereocenters. The topological polar surface area (TPSA) is 66.5 Å². The lowest BCUT2D eigenvalue weighted by molar-refractivity contribution is -0.116. The molecule has 1 amide bonds. The lowest BCUT2D eigenvalue weighted by atomic mass is 10.2. The zero-order chi connectivity index (χ0) is 15.5. The fraction of sp³-hybridized carbons (Fsp3) is 0.533. The van der Waals surface area contributed by atoms with E-state index in [-0.39, 0.29) is 18.5 Å². The maximum atomic E-state index is 12.1. The van der Waals surface area contributed by atoms with E-state index < -0.39 is 10.0 Å². The highest BCUT2D eigenvalue weighted by molar-refractivity contribution is 7.88. The molecule has 0 aromatic heterocycles. The standard InChI is InChI=1S/C15H22N2O3S/c1-12-6-5-7-13(10-12)16-15(18)11-17(21(2,19)20)14-8-3-4-9-14/h5-7,10,14H,3-4,8-9,11H2,1-2H3,(H,16,18). The van der Waals surface area contributed by atoms with Gasteiger partial charge in [0.05, 0.1) is 12.8 Å². The van der Waals surface area contributed by atoms with Crippen molar-refractivity contribution in [3.63, 3.8) is 0 Å². The summed E-state index contributed by atoms with van der Waals surface area (Å²) >= 11 is 0. The first-order valence-electron chi connectivity index (χ1n) is 7.19. The molecule has 1 fully saturated rings. The van der Waals surface area contributed by atoms with E-state index in [0.717, 1.165) is 31.2 Å². The maximum Gasteiger partial charge on any atom is 0.239 e. The van der Waals surface area contributed by atoms with Crippen molar-refractivity contribution >= 4 is 21.6 Å². The number of hydrogen-bond donors (Lipinski definition) is 1. The second-order valence-corrected chi connectivity index (χ2v) is 7.60. The normalized spacial score (nSPS) is 16.3. The molecular weight excluding hydrogens is 288 g/mol. The molecule has 116 valence electrons. The van der Waals surface area contributed by atoms with Gasteiger partial charge in [0.15, 0.2) is 0 Å². The number of carbonyl (C=O) groups is 1. The molecule has 1 saturated carbocycles. The molecular formula is C15H22N2O3S. The molecule has 0 unspecified atom stereocenters. The van der Waals surface area contributed by atoms with Gasteiger partial charge >= 0.3 is 0 Å². The minimum atomic E-state index is -3.37. The highest BCUT2D eigenvalue weighted by atomic mass is 32.2. The maximum absolute atomic E-state index is 12.1. The van der Waals surface area contributed by atoms with Gasteiger partial charge in [-0.1, -0.05) is 25.0 Å². The molecule has 0 aliphatic heterocycles. The monoisotopic (exact) mass is 310 g/mol. The number of anilines is 1. The zero-order valence-corrected chi connectivity index (χ0v) is 13.3. The van der Waals surface area contributed by atoms with E-state index >= 15 is 0 Å². The van der Waals surface area contributed by atoms with Gasteiger partial charge in [0.1, 0.15) is 0 Å². The summed E-state index contributed by atoms with van der Waals surface area (Å²) in [6.45, 7) is 1.83. The van der Waals surface area contributed by atoms with Gasteiger partial charge in [-0.15, -0.1) is 0 Å². The number of aryl methyl sites for hydroxylation is 1. The van der Waals surface area contributed by atoms with Crippen LogP contribution in [0.3, 0.4) is 0 Å². The SMILES string of the molecule is Cc1cccc(NC(=O)CN(C2CCCC2)S(C)(=O)=O)c1. The Bertz CT molecular complexity index is 607. The first kappa shape index (κ1) is 16.0. The quantitative estimate of drug-likeness (QED) is 0.906. The zero-order valence-electron chi connectivity index (χ0n) is 12.5. The van der Waals surface area contributed by atoms with Crippen molar-refractivity contribution in [3.05, 3.63) is 29.8 Å². The van der Waals surface area contributed by atoms with Gasteiger partial charge in [0, 0.05) is 11.7 Å². The van der Waals surface area contributed by atoms with Crippen LogP contribution in [-0.2, 0) is 14.8 Å². The molecule has 1 aromatic rings. The summed E-state index contributed by atoms with van der Waals surface area (Å²) in [5.41, 5.74) is 1.74. The van der Waals surface area contributed by atoms with Gasteiger partial charge in [0.25, 0.3) is 0 Å². The highest BCUT2D eigenvalue weighted by Crippen LogP contribution is 2.25. The van der Waals surface area contributed by atoms with Crippen LogP contribution in [0.5, 0.6) is 0 Å². The molecule has 2 rings (SSSR count). The summed E-state index contributed by atoms with van der Waals surface area (Å²) in [4.78, 5) is 12.1. The molecule has 21 heavy (non-hydrogen) atoms. The number of nitrogens with one attached hydrogen (secondary N) is 1. The van der Waals surface area contributed by atoms with Crippen LogP contribution in [0.2, 0.25) is 0 Å². The van der Waals surface area contributed by atoms with Crippen molar-refractivity contribution in [1.29, 1.82) is 0 Å². The van der Waals surface area contributed by atoms with Gasteiger partial charge in [0.2, 0.25) is 15.9 Å². The minimum Gasteiger partial charge on any atom is -0.325 e. The Morgan fingerprint density at radius 3 is 2.57 bits per heavy atom. The summed E-state index contributed by atoms with van der Waals surface area (Å²) in [5, 5.41) is 2.76. The van der Waals surface area contributed by atoms with Crippen LogP contribution in [0.4, 0.5) is 5.69 Å². The molecule has 1 N–H and O–H groups in total. The second kappa shape index (κ2) is 6.58. The predicted molar refractivity (Wildman–Crippen MR) is 83.6 cm³/mol. The van der Waals surface area contributed by atoms with E-state index in [9.17, 15) is 13.2 Å². The second-order valence-electron chi connectivity index (χ2n) is 5.66. The smallest absolute Gasteiger partial charge is 0.239 e. The van der Waals surface area contributed by atoms with Gasteiger partial charge < -0.3 is 5.32 Å². The van der Waals surface area contributed by atoms with Gasteiger partial charge in [-0.05, 0) is 37.5 Å². The lowest BCUT2D eigenvalue weighted by Crippen LogP contribution is -2.43. The summed E-state index contributed by atoms with van der Waals surface area (Å²) in [6.07, 6.45) is 4.90. The van der Waals surface area contributed by atoms with Crippen LogP contribution in [0.15, 0.2) is 24.3 Å². The van der Waals surface area contributed by atoms with E-state index in [1.54, 1.807) is 6.07 Å². The van der Waals surface area contributed by atoms with E-state index in [0.29, 0.717) is 5.69 Å². The molecule has 0 spiro atoms. The van der Waals surface area contributed by atoms with Crippen molar-refractivity contribution < 1.29 is 13.2 Å². The van der Waals surface area contributed by atoms with Crippen molar-refractivity contribution in [2.75, 3.05) is 18.1 Å². The van der Waals surface area contributed by atoms with Crippen LogP contribution in [-0.4, -0.2) is 37.5 Å². The Labute approximate surface area is 126 Å².